The van der Waals surface area contributed by atoms with Gasteiger partial charge in [0.15, 0.2) is 5.96 Å². The number of aromatic nitrogens is 1. The highest BCUT2D eigenvalue weighted by Crippen LogP contribution is 2.22. The molecule has 1 saturated heterocycles. The van der Waals surface area contributed by atoms with Crippen LogP contribution in [0.5, 0.6) is 0 Å². The van der Waals surface area contributed by atoms with Crippen LogP contribution in [0.1, 0.15) is 38.2 Å². The molecule has 0 saturated carbocycles. The Morgan fingerprint density at radius 2 is 2.00 bits per heavy atom. The number of guanidine groups is 1. The largest absolute Gasteiger partial charge is 0.363 e. The second kappa shape index (κ2) is 10.4. The number of anilines is 1. The predicted molar refractivity (Wildman–Crippen MR) is 124 cm³/mol. The fourth-order valence-electron chi connectivity index (χ4n) is 3.86. The first-order valence-electron chi connectivity index (χ1n) is 10.9. The first kappa shape index (κ1) is 21.4. The molecular weight excluding hydrogens is 360 g/mol. The average Bonchev–Trinajstić information content (AvgIpc) is 2.75. The zero-order valence-electron chi connectivity index (χ0n) is 18.4. The summed E-state index contributed by atoms with van der Waals surface area (Å²) in [5.41, 5.74) is 2.26. The normalized spacial score (nSPS) is 16.2. The van der Waals surface area contributed by atoms with Crippen molar-refractivity contribution in [2.24, 2.45) is 4.99 Å². The molecule has 1 aromatic carbocycles. The van der Waals surface area contributed by atoms with Gasteiger partial charge in [-0.25, -0.2) is 4.98 Å². The van der Waals surface area contributed by atoms with Crippen molar-refractivity contribution in [3.63, 3.8) is 0 Å². The Labute approximate surface area is 175 Å². The maximum Gasteiger partial charge on any atom is 0.191 e. The minimum absolute atomic E-state index is 0.491. The van der Waals surface area contributed by atoms with Gasteiger partial charge in [-0.1, -0.05) is 31.5 Å². The third-order valence-corrected chi connectivity index (χ3v) is 5.67. The van der Waals surface area contributed by atoms with Crippen LogP contribution < -0.4 is 15.5 Å². The van der Waals surface area contributed by atoms with Gasteiger partial charge in [-0.2, -0.15) is 0 Å². The summed E-state index contributed by atoms with van der Waals surface area (Å²) in [6.45, 7) is 6.57. The number of unbranched alkanes of at least 4 members (excludes halogenated alkanes) is 1. The second-order valence-corrected chi connectivity index (χ2v) is 8.09. The van der Waals surface area contributed by atoms with Crippen molar-refractivity contribution in [2.45, 2.75) is 45.2 Å². The molecule has 29 heavy (non-hydrogen) atoms. The maximum absolute atomic E-state index is 4.75. The van der Waals surface area contributed by atoms with E-state index in [1.165, 1.54) is 56.3 Å². The van der Waals surface area contributed by atoms with Gasteiger partial charge in [-0.15, -0.1) is 0 Å². The number of fused-ring (bicyclic) bond motifs is 1. The summed E-state index contributed by atoms with van der Waals surface area (Å²) in [5, 5.41) is 8.33. The summed E-state index contributed by atoms with van der Waals surface area (Å²) in [5.74, 6) is 1.85. The van der Waals surface area contributed by atoms with E-state index in [0.29, 0.717) is 6.04 Å². The van der Waals surface area contributed by atoms with Crippen molar-refractivity contribution in [1.82, 2.24) is 20.5 Å². The zero-order chi connectivity index (χ0) is 20.6. The Bertz CT molecular complexity index is 808. The lowest BCUT2D eigenvalue weighted by Gasteiger charge is -2.33. The van der Waals surface area contributed by atoms with Crippen LogP contribution in [-0.2, 0) is 6.54 Å². The zero-order valence-corrected chi connectivity index (χ0v) is 18.4. The Morgan fingerprint density at radius 3 is 2.69 bits per heavy atom. The molecule has 0 spiro atoms. The van der Waals surface area contributed by atoms with Crippen LogP contribution in [0.15, 0.2) is 35.3 Å². The van der Waals surface area contributed by atoms with E-state index in [2.05, 4.69) is 56.6 Å². The van der Waals surface area contributed by atoms with Gasteiger partial charge in [0, 0.05) is 52.2 Å². The molecule has 3 rings (SSSR count). The standard InChI is InChI=1S/C23H36N6/c1-5-6-13-29-14-11-19(12-15-29)26-23(24-2)25-17-18-16-22(28(3)4)27-21-10-8-7-9-20(18)21/h7-10,16,19H,5-6,11-15,17H2,1-4H3,(H2,24,25,26). The molecule has 0 aliphatic carbocycles. The predicted octanol–water partition coefficient (Wildman–Crippen LogP) is 3.23. The number of hydrogen-bond donors (Lipinski definition) is 2. The summed E-state index contributed by atoms with van der Waals surface area (Å²) in [6, 6.07) is 11.0. The number of pyridine rings is 1. The fraction of sp³-hybridized carbons (Fsp3) is 0.565. The van der Waals surface area contributed by atoms with Gasteiger partial charge in [0.2, 0.25) is 0 Å². The summed E-state index contributed by atoms with van der Waals surface area (Å²) >= 11 is 0. The van der Waals surface area contributed by atoms with Crippen molar-refractivity contribution in [3.05, 3.63) is 35.9 Å². The van der Waals surface area contributed by atoms with E-state index in [-0.39, 0.29) is 0 Å². The SMILES string of the molecule is CCCCN1CCC(NC(=NC)NCc2cc(N(C)C)nc3ccccc23)CC1. The highest BCUT2D eigenvalue weighted by Gasteiger charge is 2.19. The molecule has 2 aromatic rings. The lowest BCUT2D eigenvalue weighted by atomic mass is 10.0. The molecule has 2 heterocycles. The van der Waals surface area contributed by atoms with Crippen LogP contribution in [0.25, 0.3) is 10.9 Å². The van der Waals surface area contributed by atoms with E-state index < -0.39 is 0 Å². The topological polar surface area (TPSA) is 55.8 Å². The quantitative estimate of drug-likeness (QED) is 0.556. The molecule has 0 amide bonds. The average molecular weight is 397 g/mol. The number of hydrogen-bond acceptors (Lipinski definition) is 4. The molecule has 6 heteroatoms. The molecule has 0 bridgehead atoms. The van der Waals surface area contributed by atoms with Gasteiger partial charge < -0.3 is 20.4 Å². The maximum atomic E-state index is 4.75. The first-order chi connectivity index (χ1) is 14.1. The Balaban J connectivity index is 1.60. The van der Waals surface area contributed by atoms with Crippen molar-refractivity contribution in [2.75, 3.05) is 45.7 Å². The summed E-state index contributed by atoms with van der Waals surface area (Å²) in [7, 11) is 5.91. The third-order valence-electron chi connectivity index (χ3n) is 5.67. The van der Waals surface area contributed by atoms with Crippen molar-refractivity contribution in [1.29, 1.82) is 0 Å². The minimum Gasteiger partial charge on any atom is -0.363 e. The molecule has 1 aromatic heterocycles. The van der Waals surface area contributed by atoms with Gasteiger partial charge in [0.25, 0.3) is 0 Å². The Hall–Kier alpha value is -2.34. The van der Waals surface area contributed by atoms with E-state index in [9.17, 15) is 0 Å². The van der Waals surface area contributed by atoms with Crippen molar-refractivity contribution in [3.8, 4) is 0 Å². The number of likely N-dealkylation sites (tertiary alicyclic amines) is 1. The molecule has 0 radical (unpaired) electrons. The highest BCUT2D eigenvalue weighted by atomic mass is 15.2. The third kappa shape index (κ3) is 5.82. The van der Waals surface area contributed by atoms with Gasteiger partial charge in [-0.3, -0.25) is 4.99 Å². The summed E-state index contributed by atoms with van der Waals surface area (Å²) in [6.07, 6.45) is 4.92. The van der Waals surface area contributed by atoms with Gasteiger partial charge in [0.1, 0.15) is 5.82 Å². The fourth-order valence-corrected chi connectivity index (χ4v) is 3.86. The van der Waals surface area contributed by atoms with E-state index in [1.807, 2.05) is 27.2 Å². The molecule has 1 aliphatic rings. The van der Waals surface area contributed by atoms with Crippen LogP contribution in [-0.4, -0.2) is 62.7 Å². The lowest BCUT2D eigenvalue weighted by molar-refractivity contribution is 0.203. The lowest BCUT2D eigenvalue weighted by Crippen LogP contribution is -2.48. The number of para-hydroxylation sites is 1. The molecule has 1 aliphatic heterocycles. The number of rotatable bonds is 7. The Morgan fingerprint density at radius 1 is 1.24 bits per heavy atom. The molecule has 1 fully saturated rings. The van der Waals surface area contributed by atoms with E-state index in [0.717, 1.165) is 23.8 Å². The molecule has 0 unspecified atom stereocenters. The minimum atomic E-state index is 0.491. The highest BCUT2D eigenvalue weighted by molar-refractivity contribution is 5.85. The monoisotopic (exact) mass is 396 g/mol. The number of nitrogens with one attached hydrogen (secondary N) is 2. The smallest absolute Gasteiger partial charge is 0.191 e. The number of nitrogens with zero attached hydrogens (tertiary/aromatic N) is 4. The number of benzene rings is 1. The molecule has 158 valence electrons. The van der Waals surface area contributed by atoms with E-state index in [4.69, 9.17) is 4.98 Å². The van der Waals surface area contributed by atoms with Gasteiger partial charge >= 0.3 is 0 Å². The number of piperidine rings is 1. The van der Waals surface area contributed by atoms with Crippen LogP contribution in [0.2, 0.25) is 0 Å². The summed E-state index contributed by atoms with van der Waals surface area (Å²) < 4.78 is 0. The first-order valence-corrected chi connectivity index (χ1v) is 10.9. The van der Waals surface area contributed by atoms with Gasteiger partial charge in [-0.05, 0) is 43.5 Å². The van der Waals surface area contributed by atoms with E-state index in [1.54, 1.807) is 0 Å². The molecular formula is C23H36N6. The molecule has 0 atom stereocenters. The summed E-state index contributed by atoms with van der Waals surface area (Å²) in [4.78, 5) is 13.8. The van der Waals surface area contributed by atoms with Crippen LogP contribution >= 0.6 is 0 Å². The second-order valence-electron chi connectivity index (χ2n) is 8.09. The van der Waals surface area contributed by atoms with Crippen LogP contribution in [0.4, 0.5) is 5.82 Å². The Kier molecular flexibility index (Phi) is 7.69. The van der Waals surface area contributed by atoms with Crippen LogP contribution in [0.3, 0.4) is 0 Å². The van der Waals surface area contributed by atoms with Crippen molar-refractivity contribution < 1.29 is 0 Å². The molecule has 2 N–H and O–H groups in total. The molecule has 6 nitrogen and oxygen atoms in total. The number of aliphatic imine (C=N–C) groups is 1. The van der Waals surface area contributed by atoms with E-state index >= 15 is 0 Å². The van der Waals surface area contributed by atoms with Crippen molar-refractivity contribution >= 4 is 22.7 Å². The van der Waals surface area contributed by atoms with Crippen LogP contribution in [0, 0.1) is 0 Å². The van der Waals surface area contributed by atoms with Gasteiger partial charge in [0.05, 0.1) is 5.52 Å².